The fourth-order valence-corrected chi connectivity index (χ4v) is 3.17. The molecule has 0 aromatic rings. The van der Waals surface area contributed by atoms with E-state index in [4.69, 9.17) is 9.47 Å². The zero-order valence-electron chi connectivity index (χ0n) is 18.7. The van der Waals surface area contributed by atoms with E-state index in [0.29, 0.717) is 31.8 Å². The molecule has 0 radical (unpaired) electrons. The van der Waals surface area contributed by atoms with Crippen molar-refractivity contribution in [3.63, 3.8) is 0 Å². The van der Waals surface area contributed by atoms with Crippen LogP contribution in [0.2, 0.25) is 0 Å². The summed E-state index contributed by atoms with van der Waals surface area (Å²) < 4.78 is 11.1. The summed E-state index contributed by atoms with van der Waals surface area (Å²) in [4.78, 5) is 9.33. The SMILES string of the molecule is CCCCOCCOCCNC(=NC)NCC(C(C)C)N1CCN(C)CC1.I. The van der Waals surface area contributed by atoms with Gasteiger partial charge in [0.2, 0.25) is 0 Å². The molecule has 0 bridgehead atoms. The molecule has 1 fully saturated rings. The predicted molar refractivity (Wildman–Crippen MR) is 129 cm³/mol. The minimum absolute atomic E-state index is 0. The maximum Gasteiger partial charge on any atom is 0.191 e. The van der Waals surface area contributed by atoms with Crippen LogP contribution >= 0.6 is 24.0 Å². The van der Waals surface area contributed by atoms with Gasteiger partial charge in [0, 0.05) is 59.0 Å². The molecule has 1 aliphatic heterocycles. The van der Waals surface area contributed by atoms with Crippen LogP contribution < -0.4 is 10.6 Å². The lowest BCUT2D eigenvalue weighted by molar-refractivity contribution is 0.0487. The number of unbranched alkanes of at least 4 members (excludes halogenated alkanes) is 1. The third-order valence-corrected chi connectivity index (χ3v) is 5.03. The Kier molecular flexibility index (Phi) is 17.6. The molecule has 0 saturated carbocycles. The van der Waals surface area contributed by atoms with Crippen molar-refractivity contribution < 1.29 is 9.47 Å². The van der Waals surface area contributed by atoms with E-state index in [1.54, 1.807) is 0 Å². The molecular formula is C20H44IN5O2. The molecule has 0 aromatic carbocycles. The molecule has 1 atom stereocenters. The fourth-order valence-electron chi connectivity index (χ4n) is 3.17. The minimum Gasteiger partial charge on any atom is -0.379 e. The molecular weight excluding hydrogens is 469 g/mol. The van der Waals surface area contributed by atoms with E-state index in [2.05, 4.69) is 53.2 Å². The summed E-state index contributed by atoms with van der Waals surface area (Å²) in [5, 5.41) is 6.82. The zero-order valence-corrected chi connectivity index (χ0v) is 21.0. The minimum atomic E-state index is 0. The van der Waals surface area contributed by atoms with Crippen LogP contribution in [0.15, 0.2) is 4.99 Å². The van der Waals surface area contributed by atoms with E-state index >= 15 is 0 Å². The molecule has 0 aliphatic carbocycles. The highest BCUT2D eigenvalue weighted by Gasteiger charge is 2.24. The number of hydrogen-bond donors (Lipinski definition) is 2. The van der Waals surface area contributed by atoms with E-state index in [0.717, 1.165) is 58.3 Å². The lowest BCUT2D eigenvalue weighted by atomic mass is 10.0. The van der Waals surface area contributed by atoms with Gasteiger partial charge in [0.15, 0.2) is 5.96 Å². The van der Waals surface area contributed by atoms with Gasteiger partial charge in [-0.3, -0.25) is 9.89 Å². The van der Waals surface area contributed by atoms with Crippen molar-refractivity contribution >= 4 is 29.9 Å². The summed E-state index contributed by atoms with van der Waals surface area (Å²) in [5.74, 6) is 1.45. The van der Waals surface area contributed by atoms with E-state index in [9.17, 15) is 0 Å². The van der Waals surface area contributed by atoms with Crippen LogP contribution in [0.3, 0.4) is 0 Å². The molecule has 28 heavy (non-hydrogen) atoms. The average molecular weight is 514 g/mol. The Balaban J connectivity index is 0.00000729. The second-order valence-electron chi connectivity index (χ2n) is 7.61. The van der Waals surface area contributed by atoms with Crippen LogP contribution in [-0.2, 0) is 9.47 Å². The number of ether oxygens (including phenoxy) is 2. The van der Waals surface area contributed by atoms with Crippen molar-refractivity contribution in [2.75, 3.05) is 79.8 Å². The lowest BCUT2D eigenvalue weighted by Crippen LogP contribution is -2.55. The standard InChI is InChI=1S/C20H43N5O2.HI/c1-6-7-13-26-15-16-27-14-8-22-20(21-4)23-17-19(18(2)3)25-11-9-24(5)10-12-25;/h18-19H,6-17H2,1-5H3,(H2,21,22,23);1H. The summed E-state index contributed by atoms with van der Waals surface area (Å²) in [6.07, 6.45) is 2.29. The number of piperazine rings is 1. The molecule has 1 aliphatic rings. The third kappa shape index (κ3) is 12.4. The zero-order chi connectivity index (χ0) is 19.9. The number of nitrogens with one attached hydrogen (secondary N) is 2. The number of nitrogens with zero attached hydrogens (tertiary/aromatic N) is 3. The second-order valence-corrected chi connectivity index (χ2v) is 7.61. The summed E-state index contributed by atoms with van der Waals surface area (Å²) >= 11 is 0. The quantitative estimate of drug-likeness (QED) is 0.170. The smallest absolute Gasteiger partial charge is 0.191 e. The number of likely N-dealkylation sites (N-methyl/N-ethyl adjacent to an activating group) is 1. The first-order valence-corrected chi connectivity index (χ1v) is 10.6. The maximum absolute atomic E-state index is 5.59. The molecule has 7 nitrogen and oxygen atoms in total. The number of rotatable bonds is 13. The average Bonchev–Trinajstić information content (AvgIpc) is 2.66. The predicted octanol–water partition coefficient (Wildman–Crippen LogP) is 1.87. The molecule has 1 rings (SSSR count). The highest BCUT2D eigenvalue weighted by Crippen LogP contribution is 2.12. The van der Waals surface area contributed by atoms with Crippen LogP contribution in [0, 0.1) is 5.92 Å². The lowest BCUT2D eigenvalue weighted by Gasteiger charge is -2.40. The van der Waals surface area contributed by atoms with Crippen LogP contribution in [0.25, 0.3) is 0 Å². The highest BCUT2D eigenvalue weighted by atomic mass is 127. The van der Waals surface area contributed by atoms with Crippen LogP contribution in [0.4, 0.5) is 0 Å². The van der Waals surface area contributed by atoms with Crippen molar-refractivity contribution in [2.24, 2.45) is 10.9 Å². The van der Waals surface area contributed by atoms with Gasteiger partial charge in [0.1, 0.15) is 0 Å². The molecule has 168 valence electrons. The Bertz CT molecular complexity index is 391. The van der Waals surface area contributed by atoms with Gasteiger partial charge in [0.05, 0.1) is 19.8 Å². The van der Waals surface area contributed by atoms with Gasteiger partial charge in [-0.05, 0) is 19.4 Å². The van der Waals surface area contributed by atoms with Gasteiger partial charge >= 0.3 is 0 Å². The molecule has 0 spiro atoms. The van der Waals surface area contributed by atoms with Gasteiger partial charge < -0.3 is 25.0 Å². The van der Waals surface area contributed by atoms with Crippen LogP contribution in [0.5, 0.6) is 0 Å². The van der Waals surface area contributed by atoms with Gasteiger partial charge in [0.25, 0.3) is 0 Å². The van der Waals surface area contributed by atoms with Crippen LogP contribution in [-0.4, -0.2) is 102 Å². The number of hydrogen-bond acceptors (Lipinski definition) is 5. The van der Waals surface area contributed by atoms with E-state index in [1.807, 2.05) is 7.05 Å². The second kappa shape index (κ2) is 17.7. The van der Waals surface area contributed by atoms with Gasteiger partial charge in [-0.15, -0.1) is 24.0 Å². The van der Waals surface area contributed by atoms with Gasteiger partial charge in [-0.2, -0.15) is 0 Å². The molecule has 2 N–H and O–H groups in total. The Morgan fingerprint density at radius 3 is 2.21 bits per heavy atom. The number of halogens is 1. The topological polar surface area (TPSA) is 61.4 Å². The summed E-state index contributed by atoms with van der Waals surface area (Å²) in [7, 11) is 4.02. The first kappa shape index (κ1) is 27.8. The molecule has 1 heterocycles. The molecule has 1 unspecified atom stereocenters. The summed E-state index contributed by atoms with van der Waals surface area (Å²) in [6.45, 7) is 15.8. The number of guanidine groups is 1. The summed E-state index contributed by atoms with van der Waals surface area (Å²) in [6, 6.07) is 0.522. The summed E-state index contributed by atoms with van der Waals surface area (Å²) in [5.41, 5.74) is 0. The molecule has 1 saturated heterocycles. The normalized spacial score (nSPS) is 17.4. The Hall–Kier alpha value is -0.160. The first-order valence-electron chi connectivity index (χ1n) is 10.6. The Morgan fingerprint density at radius 2 is 1.64 bits per heavy atom. The van der Waals surface area contributed by atoms with Gasteiger partial charge in [-0.25, -0.2) is 0 Å². The third-order valence-electron chi connectivity index (χ3n) is 5.03. The van der Waals surface area contributed by atoms with E-state index < -0.39 is 0 Å². The van der Waals surface area contributed by atoms with Crippen LogP contribution in [0.1, 0.15) is 33.6 Å². The monoisotopic (exact) mass is 513 g/mol. The van der Waals surface area contributed by atoms with Crippen molar-refractivity contribution in [2.45, 2.75) is 39.7 Å². The van der Waals surface area contributed by atoms with E-state index in [-0.39, 0.29) is 24.0 Å². The van der Waals surface area contributed by atoms with Crippen molar-refractivity contribution in [1.82, 2.24) is 20.4 Å². The Labute approximate surface area is 190 Å². The fraction of sp³-hybridized carbons (Fsp3) is 0.950. The molecule has 0 aromatic heterocycles. The van der Waals surface area contributed by atoms with Crippen molar-refractivity contribution in [3.05, 3.63) is 0 Å². The van der Waals surface area contributed by atoms with Gasteiger partial charge in [-0.1, -0.05) is 27.2 Å². The maximum atomic E-state index is 5.59. The van der Waals surface area contributed by atoms with Crippen molar-refractivity contribution in [1.29, 1.82) is 0 Å². The highest BCUT2D eigenvalue weighted by molar-refractivity contribution is 14.0. The largest absolute Gasteiger partial charge is 0.379 e. The molecule has 0 amide bonds. The first-order chi connectivity index (χ1) is 13.1. The van der Waals surface area contributed by atoms with Crippen molar-refractivity contribution in [3.8, 4) is 0 Å². The Morgan fingerprint density at radius 1 is 1.00 bits per heavy atom. The molecule has 8 heteroatoms. The van der Waals surface area contributed by atoms with E-state index in [1.165, 1.54) is 6.42 Å². The number of aliphatic imine (C=N–C) groups is 1.